The van der Waals surface area contributed by atoms with Gasteiger partial charge in [-0.25, -0.2) is 9.67 Å². The summed E-state index contributed by atoms with van der Waals surface area (Å²) in [6, 6.07) is 7.51. The average Bonchev–Trinajstić information content (AvgIpc) is 3.50. The molecule has 174 valence electrons. The molecule has 9 heteroatoms. The van der Waals surface area contributed by atoms with Crippen LogP contribution in [0.2, 0.25) is 5.02 Å². The van der Waals surface area contributed by atoms with Crippen molar-refractivity contribution in [1.29, 1.82) is 0 Å². The molecule has 0 bridgehead atoms. The van der Waals surface area contributed by atoms with Crippen molar-refractivity contribution in [2.75, 3.05) is 11.1 Å². The summed E-state index contributed by atoms with van der Waals surface area (Å²) in [5.74, 6) is 0.770. The predicted molar refractivity (Wildman–Crippen MR) is 132 cm³/mol. The summed E-state index contributed by atoms with van der Waals surface area (Å²) in [6.45, 7) is 0. The molecule has 1 N–H and O–H groups in total. The first-order valence-corrected chi connectivity index (χ1v) is 13.1. The van der Waals surface area contributed by atoms with Crippen molar-refractivity contribution in [3.05, 3.63) is 45.8 Å². The van der Waals surface area contributed by atoms with Gasteiger partial charge in [0.05, 0.1) is 28.9 Å². The van der Waals surface area contributed by atoms with E-state index >= 15 is 0 Å². The number of amides is 1. The van der Waals surface area contributed by atoms with Crippen LogP contribution in [0.15, 0.2) is 40.4 Å². The lowest BCUT2D eigenvalue weighted by Crippen LogP contribution is -2.29. The van der Waals surface area contributed by atoms with Gasteiger partial charge >= 0.3 is 0 Å². The average molecular weight is 486 g/mol. The molecule has 7 nitrogen and oxygen atoms in total. The SMILES string of the molecule is O=C(CSc1nc2cc(Cl)ccc2c(=O)n1C1CCCCC1)Nc1ccnn1C1CCCC1. The molecule has 0 atom stereocenters. The van der Waals surface area contributed by atoms with Crippen LogP contribution in [0.5, 0.6) is 0 Å². The number of hydrogen-bond acceptors (Lipinski definition) is 5. The van der Waals surface area contributed by atoms with Gasteiger partial charge in [0.25, 0.3) is 5.56 Å². The lowest BCUT2D eigenvalue weighted by molar-refractivity contribution is -0.113. The summed E-state index contributed by atoms with van der Waals surface area (Å²) in [5.41, 5.74) is 0.521. The summed E-state index contributed by atoms with van der Waals surface area (Å²) in [4.78, 5) is 31.0. The number of nitrogens with zero attached hydrogens (tertiary/aromatic N) is 4. The molecule has 0 spiro atoms. The second-order valence-corrected chi connectivity index (χ2v) is 10.3. The summed E-state index contributed by atoms with van der Waals surface area (Å²) < 4.78 is 3.75. The van der Waals surface area contributed by atoms with Crippen LogP contribution in [0.1, 0.15) is 69.9 Å². The lowest BCUT2D eigenvalue weighted by Gasteiger charge is -2.26. The van der Waals surface area contributed by atoms with Gasteiger partial charge < -0.3 is 5.32 Å². The molecule has 1 amide bonds. The molecule has 2 fully saturated rings. The van der Waals surface area contributed by atoms with E-state index in [0.29, 0.717) is 27.1 Å². The molecule has 2 saturated carbocycles. The van der Waals surface area contributed by atoms with Crippen molar-refractivity contribution in [1.82, 2.24) is 19.3 Å². The molecule has 0 aliphatic heterocycles. The Balaban J connectivity index is 1.38. The highest BCUT2D eigenvalue weighted by atomic mass is 35.5. The standard InChI is InChI=1S/C24H28ClN5O2S/c25-16-10-11-19-20(14-16)27-24(29(23(19)32)17-6-2-1-3-7-17)33-15-22(31)28-21-12-13-26-30(21)18-8-4-5-9-18/h10-14,17-18H,1-9,15H2,(H,28,31). The number of nitrogens with one attached hydrogen (secondary N) is 1. The Kier molecular flexibility index (Phi) is 6.74. The van der Waals surface area contributed by atoms with Crippen molar-refractivity contribution in [2.45, 2.75) is 75.0 Å². The molecule has 0 saturated heterocycles. The normalized spacial score (nSPS) is 17.6. The smallest absolute Gasteiger partial charge is 0.262 e. The van der Waals surface area contributed by atoms with Gasteiger partial charge in [-0.15, -0.1) is 0 Å². The van der Waals surface area contributed by atoms with Gasteiger partial charge in [-0.1, -0.05) is 55.5 Å². The van der Waals surface area contributed by atoms with Crippen LogP contribution in [-0.4, -0.2) is 31.0 Å². The zero-order valence-electron chi connectivity index (χ0n) is 18.5. The van der Waals surface area contributed by atoms with Crippen LogP contribution in [0.4, 0.5) is 5.82 Å². The number of thioether (sulfide) groups is 1. The van der Waals surface area contributed by atoms with Gasteiger partial charge in [0.1, 0.15) is 5.82 Å². The second-order valence-electron chi connectivity index (χ2n) is 8.96. The van der Waals surface area contributed by atoms with Crippen LogP contribution in [0, 0.1) is 0 Å². The van der Waals surface area contributed by atoms with E-state index in [9.17, 15) is 9.59 Å². The topological polar surface area (TPSA) is 81.8 Å². The van der Waals surface area contributed by atoms with Crippen LogP contribution in [-0.2, 0) is 4.79 Å². The predicted octanol–water partition coefficient (Wildman–Crippen LogP) is 5.60. The van der Waals surface area contributed by atoms with Gasteiger partial charge in [-0.05, 0) is 43.9 Å². The summed E-state index contributed by atoms with van der Waals surface area (Å²) >= 11 is 7.47. The highest BCUT2D eigenvalue weighted by Gasteiger charge is 2.24. The molecule has 2 heterocycles. The Morgan fingerprint density at radius 1 is 1.06 bits per heavy atom. The quantitative estimate of drug-likeness (QED) is 0.363. The minimum Gasteiger partial charge on any atom is -0.310 e. The molecule has 3 aromatic rings. The first kappa shape index (κ1) is 22.5. The fourth-order valence-corrected chi connectivity index (χ4v) is 6.11. The molecule has 0 radical (unpaired) electrons. The van der Waals surface area contributed by atoms with Crippen LogP contribution in [0.25, 0.3) is 10.9 Å². The Labute approximate surface area is 201 Å². The van der Waals surface area contributed by atoms with E-state index in [1.165, 1.54) is 31.0 Å². The monoisotopic (exact) mass is 485 g/mol. The third-order valence-corrected chi connectivity index (χ3v) is 7.90. The minimum atomic E-state index is -0.129. The summed E-state index contributed by atoms with van der Waals surface area (Å²) in [7, 11) is 0. The van der Waals surface area contributed by atoms with Crippen LogP contribution < -0.4 is 10.9 Å². The molecular weight excluding hydrogens is 458 g/mol. The first-order chi connectivity index (χ1) is 16.1. The number of carbonyl (C=O) groups excluding carboxylic acids is 1. The van der Waals surface area contributed by atoms with Gasteiger partial charge in [0.15, 0.2) is 5.16 Å². The van der Waals surface area contributed by atoms with E-state index < -0.39 is 0 Å². The molecule has 33 heavy (non-hydrogen) atoms. The van der Waals surface area contributed by atoms with E-state index in [-0.39, 0.29) is 23.3 Å². The maximum Gasteiger partial charge on any atom is 0.262 e. The Hall–Kier alpha value is -2.32. The largest absolute Gasteiger partial charge is 0.310 e. The maximum atomic E-state index is 13.4. The molecular formula is C24H28ClN5O2S. The molecule has 2 aliphatic carbocycles. The lowest BCUT2D eigenvalue weighted by atomic mass is 9.95. The number of benzene rings is 1. The van der Waals surface area contributed by atoms with E-state index in [4.69, 9.17) is 16.6 Å². The number of hydrogen-bond donors (Lipinski definition) is 1. The highest BCUT2D eigenvalue weighted by Crippen LogP contribution is 2.33. The minimum absolute atomic E-state index is 0.0502. The molecule has 2 aromatic heterocycles. The highest BCUT2D eigenvalue weighted by molar-refractivity contribution is 7.99. The number of carbonyl (C=O) groups is 1. The van der Waals surface area contributed by atoms with Crippen LogP contribution in [0.3, 0.4) is 0 Å². The van der Waals surface area contributed by atoms with Gasteiger partial charge in [-0.3, -0.25) is 14.2 Å². The molecule has 0 unspecified atom stereocenters. The third kappa shape index (κ3) is 4.82. The molecule has 5 rings (SSSR count). The van der Waals surface area contributed by atoms with Crippen molar-refractivity contribution < 1.29 is 4.79 Å². The van der Waals surface area contributed by atoms with Crippen molar-refractivity contribution >= 4 is 46.0 Å². The number of halogens is 1. The Bertz CT molecular complexity index is 1210. The van der Waals surface area contributed by atoms with Gasteiger partial charge in [0, 0.05) is 17.1 Å². The Morgan fingerprint density at radius 2 is 1.79 bits per heavy atom. The first-order valence-electron chi connectivity index (χ1n) is 11.8. The zero-order valence-corrected chi connectivity index (χ0v) is 20.1. The van der Waals surface area contributed by atoms with Gasteiger partial charge in [-0.2, -0.15) is 5.10 Å². The van der Waals surface area contributed by atoms with E-state index in [1.807, 2.05) is 15.3 Å². The Morgan fingerprint density at radius 3 is 2.58 bits per heavy atom. The van der Waals surface area contributed by atoms with Gasteiger partial charge in [0.2, 0.25) is 5.91 Å². The number of rotatable bonds is 6. The number of fused-ring (bicyclic) bond motifs is 1. The number of anilines is 1. The second kappa shape index (κ2) is 9.89. The summed E-state index contributed by atoms with van der Waals surface area (Å²) in [6.07, 6.45) is 11.6. The number of aromatic nitrogens is 4. The van der Waals surface area contributed by atoms with E-state index in [0.717, 1.165) is 44.3 Å². The van der Waals surface area contributed by atoms with Crippen molar-refractivity contribution in [3.63, 3.8) is 0 Å². The molecule has 1 aromatic carbocycles. The zero-order chi connectivity index (χ0) is 22.8. The van der Waals surface area contributed by atoms with E-state index in [2.05, 4.69) is 10.4 Å². The summed E-state index contributed by atoms with van der Waals surface area (Å²) in [5, 5.41) is 9.12. The van der Waals surface area contributed by atoms with Crippen molar-refractivity contribution in [2.24, 2.45) is 0 Å². The fourth-order valence-electron chi connectivity index (χ4n) is 5.08. The van der Waals surface area contributed by atoms with Crippen molar-refractivity contribution in [3.8, 4) is 0 Å². The molecule has 2 aliphatic rings. The fraction of sp³-hybridized carbons (Fsp3) is 0.500. The third-order valence-electron chi connectivity index (χ3n) is 6.71. The van der Waals surface area contributed by atoms with E-state index in [1.54, 1.807) is 24.4 Å². The van der Waals surface area contributed by atoms with Crippen LogP contribution >= 0.6 is 23.4 Å². The maximum absolute atomic E-state index is 13.4.